The Bertz CT molecular complexity index is 1190. The topological polar surface area (TPSA) is 68.5 Å². The van der Waals surface area contributed by atoms with Crippen LogP contribution in [0.25, 0.3) is 11.0 Å². The lowest BCUT2D eigenvalue weighted by Crippen LogP contribution is -2.18. The van der Waals surface area contributed by atoms with Gasteiger partial charge in [0.25, 0.3) is 0 Å². The lowest BCUT2D eigenvalue weighted by Gasteiger charge is -2.07. The van der Waals surface area contributed by atoms with Crippen LogP contribution < -0.4 is 10.1 Å². The molecule has 5 nitrogen and oxygen atoms in total. The summed E-state index contributed by atoms with van der Waals surface area (Å²) < 4.78 is 11.2. The van der Waals surface area contributed by atoms with E-state index in [-0.39, 0.29) is 39.2 Å². The molecular formula is C24H21Cl2NO4. The van der Waals surface area contributed by atoms with E-state index in [2.05, 4.69) is 5.32 Å². The monoisotopic (exact) mass is 457 g/mol. The van der Waals surface area contributed by atoms with Crippen LogP contribution in [-0.4, -0.2) is 18.8 Å². The Hall–Kier alpha value is -2.76. The van der Waals surface area contributed by atoms with Crippen LogP contribution in [0.3, 0.4) is 0 Å². The number of benzene rings is 2. The first kappa shape index (κ1) is 21.5. The summed E-state index contributed by atoms with van der Waals surface area (Å²) in [6.45, 7) is 3.96. The number of anilines is 1. The average molecular weight is 458 g/mol. The molecule has 0 spiro atoms. The smallest absolute Gasteiger partial charge is 0.230 e. The van der Waals surface area contributed by atoms with Crippen molar-refractivity contribution >= 4 is 51.5 Å². The Morgan fingerprint density at radius 2 is 1.77 bits per heavy atom. The van der Waals surface area contributed by atoms with Crippen molar-refractivity contribution < 1.29 is 18.7 Å². The van der Waals surface area contributed by atoms with Gasteiger partial charge in [0.15, 0.2) is 5.76 Å². The summed E-state index contributed by atoms with van der Waals surface area (Å²) in [6, 6.07) is 13.9. The molecule has 1 fully saturated rings. The van der Waals surface area contributed by atoms with Gasteiger partial charge in [-0.1, -0.05) is 49.2 Å². The van der Waals surface area contributed by atoms with Crippen molar-refractivity contribution in [2.75, 3.05) is 12.4 Å². The zero-order chi connectivity index (χ0) is 22.3. The first-order valence-electron chi connectivity index (χ1n) is 9.78. The first-order valence-corrected chi connectivity index (χ1v) is 10.5. The fourth-order valence-electron chi connectivity index (χ4n) is 4.03. The summed E-state index contributed by atoms with van der Waals surface area (Å²) in [6.07, 6.45) is 1.68. The largest absolute Gasteiger partial charge is 0.497 e. The molecule has 0 saturated heterocycles. The molecule has 2 atom stereocenters. The van der Waals surface area contributed by atoms with Crippen molar-refractivity contribution in [3.63, 3.8) is 0 Å². The van der Waals surface area contributed by atoms with Gasteiger partial charge in [0.2, 0.25) is 11.7 Å². The van der Waals surface area contributed by atoms with Crippen molar-refractivity contribution in [1.82, 2.24) is 0 Å². The highest BCUT2D eigenvalue weighted by atomic mass is 35.5. The molecule has 160 valence electrons. The maximum Gasteiger partial charge on any atom is 0.230 e. The molecule has 4 rings (SSSR count). The molecule has 1 saturated carbocycles. The van der Waals surface area contributed by atoms with E-state index in [0.717, 1.165) is 0 Å². The summed E-state index contributed by atoms with van der Waals surface area (Å²) >= 11 is 11.6. The number of hydrogen-bond acceptors (Lipinski definition) is 4. The third-order valence-corrected chi connectivity index (χ3v) is 6.15. The third-order valence-electron chi connectivity index (χ3n) is 5.90. The molecule has 3 aromatic rings. The van der Waals surface area contributed by atoms with Crippen LogP contribution in [0.15, 0.2) is 63.5 Å². The fraction of sp³-hybridized carbons (Fsp3) is 0.250. The van der Waals surface area contributed by atoms with Crippen molar-refractivity contribution in [1.29, 1.82) is 0 Å². The molecule has 1 amide bonds. The average Bonchev–Trinajstić information content (AvgIpc) is 3.10. The zero-order valence-electron chi connectivity index (χ0n) is 17.2. The second kappa shape index (κ2) is 8.06. The number of carbonyl (C=O) groups is 2. The number of ether oxygens (including phenoxy) is 1. The number of halogens is 2. The maximum atomic E-state index is 13.2. The van der Waals surface area contributed by atoms with Crippen LogP contribution in [0.2, 0.25) is 0 Å². The van der Waals surface area contributed by atoms with Gasteiger partial charge in [0.1, 0.15) is 15.8 Å². The van der Waals surface area contributed by atoms with E-state index in [4.69, 9.17) is 32.4 Å². The van der Waals surface area contributed by atoms with E-state index in [0.29, 0.717) is 28.0 Å². The lowest BCUT2D eigenvalue weighted by molar-refractivity contribution is -0.118. The fourth-order valence-corrected chi connectivity index (χ4v) is 4.30. The number of fused-ring (bicyclic) bond motifs is 1. The molecule has 1 aliphatic rings. The van der Waals surface area contributed by atoms with Crippen LogP contribution in [0.4, 0.5) is 5.69 Å². The molecule has 1 heterocycles. The van der Waals surface area contributed by atoms with Crippen LogP contribution >= 0.6 is 23.2 Å². The Morgan fingerprint density at radius 3 is 2.42 bits per heavy atom. The number of carbonyl (C=O) groups excluding carboxylic acids is 2. The molecule has 0 radical (unpaired) electrons. The van der Waals surface area contributed by atoms with E-state index in [1.807, 2.05) is 32.0 Å². The Balaban J connectivity index is 1.70. The van der Waals surface area contributed by atoms with Crippen molar-refractivity contribution in [3.8, 4) is 5.75 Å². The summed E-state index contributed by atoms with van der Waals surface area (Å²) in [4.78, 5) is 26.3. The minimum absolute atomic E-state index is 0.0839. The molecule has 1 N–H and O–H groups in total. The molecule has 1 aliphatic carbocycles. The van der Waals surface area contributed by atoms with Crippen LogP contribution in [0.5, 0.6) is 5.75 Å². The summed E-state index contributed by atoms with van der Waals surface area (Å²) in [5, 5.41) is 3.59. The lowest BCUT2D eigenvalue weighted by atomic mass is 10.1. The number of ketones is 1. The number of amides is 1. The maximum absolute atomic E-state index is 13.2. The molecule has 1 aromatic heterocycles. The second-order valence-electron chi connectivity index (χ2n) is 8.13. The van der Waals surface area contributed by atoms with Crippen LogP contribution in [-0.2, 0) is 4.79 Å². The highest BCUT2D eigenvalue weighted by Gasteiger charge is 2.60. The predicted molar refractivity (Wildman–Crippen MR) is 122 cm³/mol. The molecular weight excluding hydrogens is 437 g/mol. The van der Waals surface area contributed by atoms with E-state index in [1.54, 1.807) is 43.5 Å². The molecule has 2 unspecified atom stereocenters. The first-order chi connectivity index (χ1) is 14.7. The Kier molecular flexibility index (Phi) is 5.58. The molecule has 0 bridgehead atoms. The number of rotatable bonds is 6. The number of hydrogen-bond donors (Lipinski definition) is 1. The SMILES string of the molecule is COc1ccc(C(=O)c2oc3ccccc3c2NC(=O)C2C(C=C(Cl)Cl)C2(C)C)cc1. The zero-order valence-corrected chi connectivity index (χ0v) is 18.8. The predicted octanol–water partition coefficient (Wildman–Crippen LogP) is 6.20. The number of allylic oxidation sites excluding steroid dienone is 1. The van der Waals surface area contributed by atoms with E-state index in [1.165, 1.54) is 0 Å². The van der Waals surface area contributed by atoms with Gasteiger partial charge >= 0.3 is 0 Å². The minimum Gasteiger partial charge on any atom is -0.497 e. The Labute approximate surface area is 190 Å². The van der Waals surface area contributed by atoms with Crippen molar-refractivity contribution in [2.24, 2.45) is 17.3 Å². The number of nitrogens with one attached hydrogen (secondary N) is 1. The summed E-state index contributed by atoms with van der Waals surface area (Å²) in [7, 11) is 1.56. The van der Waals surface area contributed by atoms with Gasteiger partial charge in [-0.3, -0.25) is 9.59 Å². The normalized spacial score (nSPS) is 19.0. The van der Waals surface area contributed by atoms with Gasteiger partial charge in [-0.2, -0.15) is 0 Å². The molecule has 7 heteroatoms. The van der Waals surface area contributed by atoms with E-state index < -0.39 is 0 Å². The standard InChI is InChI=1S/C24H21Cl2NO4/c1-24(2)16(12-18(25)26)19(24)23(29)27-20-15-6-4-5-7-17(15)31-22(20)21(28)13-8-10-14(30-3)11-9-13/h4-12,16,19H,1-3H3,(H,27,29). The minimum atomic E-state index is -0.329. The quantitative estimate of drug-likeness (QED) is 0.447. The highest BCUT2D eigenvalue weighted by molar-refractivity contribution is 6.55. The van der Waals surface area contributed by atoms with Crippen molar-refractivity contribution in [3.05, 3.63) is 70.4 Å². The molecule has 0 aliphatic heterocycles. The van der Waals surface area contributed by atoms with E-state index in [9.17, 15) is 9.59 Å². The van der Waals surface area contributed by atoms with Gasteiger partial charge < -0.3 is 14.5 Å². The highest BCUT2D eigenvalue weighted by Crippen LogP contribution is 2.60. The summed E-state index contributed by atoms with van der Waals surface area (Å²) in [5.41, 5.74) is 1.02. The van der Waals surface area contributed by atoms with E-state index >= 15 is 0 Å². The Morgan fingerprint density at radius 1 is 1.10 bits per heavy atom. The van der Waals surface area contributed by atoms with Gasteiger partial charge in [-0.15, -0.1) is 0 Å². The van der Waals surface area contributed by atoms with Gasteiger partial charge in [0.05, 0.1) is 18.7 Å². The van der Waals surface area contributed by atoms with Gasteiger partial charge in [0, 0.05) is 10.9 Å². The number of para-hydroxylation sites is 1. The second-order valence-corrected chi connectivity index (χ2v) is 9.14. The molecule has 31 heavy (non-hydrogen) atoms. The van der Waals surface area contributed by atoms with Crippen molar-refractivity contribution in [2.45, 2.75) is 13.8 Å². The van der Waals surface area contributed by atoms with Crippen LogP contribution in [0, 0.1) is 17.3 Å². The number of furan rings is 1. The molecule has 2 aromatic carbocycles. The number of methoxy groups -OCH3 is 1. The van der Waals surface area contributed by atoms with Crippen LogP contribution in [0.1, 0.15) is 30.0 Å². The third kappa shape index (κ3) is 3.95. The summed E-state index contributed by atoms with van der Waals surface area (Å²) in [5.74, 6) is -0.224. The van der Waals surface area contributed by atoms with Gasteiger partial charge in [-0.05, 0) is 53.8 Å². The van der Waals surface area contributed by atoms with Gasteiger partial charge in [-0.25, -0.2) is 0 Å².